The monoisotopic (exact) mass is 750 g/mol. The minimum Gasteiger partial charge on any atom is -0.447 e. The van der Waals surface area contributed by atoms with Crippen molar-refractivity contribution in [2.45, 2.75) is 86.6 Å². The number of aromatic nitrogens is 3. The number of pyridine rings is 1. The lowest BCUT2D eigenvalue weighted by atomic mass is 9.73. The Morgan fingerprint density at radius 2 is 1.83 bits per heavy atom. The lowest BCUT2D eigenvalue weighted by Gasteiger charge is -2.38. The largest absolute Gasteiger partial charge is 0.447 e. The summed E-state index contributed by atoms with van der Waals surface area (Å²) in [6, 6.07) is 12.2. The van der Waals surface area contributed by atoms with Gasteiger partial charge in [0, 0.05) is 41.8 Å². The van der Waals surface area contributed by atoms with Gasteiger partial charge in [0.2, 0.25) is 5.95 Å². The van der Waals surface area contributed by atoms with Gasteiger partial charge < -0.3 is 19.7 Å². The van der Waals surface area contributed by atoms with Gasteiger partial charge in [-0.05, 0) is 90.4 Å². The van der Waals surface area contributed by atoms with Crippen LogP contribution < -0.4 is 20.0 Å². The number of nitrogens with zero attached hydrogens (tertiary/aromatic N) is 7. The normalized spacial score (nSPS) is 31.0. The molecule has 6 fully saturated rings. The number of hydrogen-bond donors (Lipinski definition) is 1. The maximum atomic E-state index is 12.6. The van der Waals surface area contributed by atoms with Crippen molar-refractivity contribution in [3.05, 3.63) is 53.7 Å². The molecule has 1 aromatic carbocycles. The van der Waals surface area contributed by atoms with Crippen molar-refractivity contribution in [3.63, 3.8) is 0 Å². The van der Waals surface area contributed by atoms with E-state index in [4.69, 9.17) is 24.4 Å². The molecule has 8 heterocycles. The topological polar surface area (TPSA) is 99.2 Å². The lowest BCUT2D eigenvalue weighted by molar-refractivity contribution is -0.0261. The SMILES string of the molecule is Cc1cc(Nc2ncc3c(n2)N(c2cccc(N4C(=O)OC[C@@H]4C)n2)[C@@H](I)[C@@]3(C)COC(C)(C)C)ccc1N1CC23CC1(CN2C)C3. The number of ether oxygens (including phenoxy) is 2. The summed E-state index contributed by atoms with van der Waals surface area (Å²) in [6.45, 7) is 15.7. The zero-order valence-corrected chi connectivity index (χ0v) is 30.3. The van der Waals surface area contributed by atoms with E-state index in [0.29, 0.717) is 41.9 Å². The van der Waals surface area contributed by atoms with E-state index in [2.05, 4.69) is 102 Å². The second-order valence-electron chi connectivity index (χ2n) is 15.5. The van der Waals surface area contributed by atoms with Gasteiger partial charge in [-0.1, -0.05) is 35.6 Å². The molecular weight excluding hydrogens is 707 g/mol. The maximum absolute atomic E-state index is 12.6. The molecule has 11 nitrogen and oxygen atoms in total. The second-order valence-corrected chi connectivity index (χ2v) is 16.7. The predicted molar refractivity (Wildman–Crippen MR) is 192 cm³/mol. The van der Waals surface area contributed by atoms with E-state index < -0.39 is 5.41 Å². The first-order chi connectivity index (χ1) is 22.2. The number of carbonyl (C=O) groups excluding carboxylic acids is 1. The van der Waals surface area contributed by atoms with Crippen molar-refractivity contribution < 1.29 is 14.3 Å². The highest BCUT2D eigenvalue weighted by Crippen LogP contribution is 2.63. The van der Waals surface area contributed by atoms with Crippen LogP contribution in [0.25, 0.3) is 0 Å². The molecule has 0 radical (unpaired) electrons. The van der Waals surface area contributed by atoms with Gasteiger partial charge >= 0.3 is 6.09 Å². The number of nitrogens with one attached hydrogen (secondary N) is 1. The molecule has 1 amide bonds. The molecule has 2 bridgehead atoms. The fourth-order valence-corrected chi connectivity index (χ4v) is 9.50. The quantitative estimate of drug-likeness (QED) is 0.169. The number of alkyl halides is 1. The van der Waals surface area contributed by atoms with Crippen molar-refractivity contribution >= 4 is 63.5 Å². The molecule has 10 rings (SSSR count). The third-order valence-corrected chi connectivity index (χ3v) is 12.8. The minimum absolute atomic E-state index is 0.0887. The highest BCUT2D eigenvalue weighted by Gasteiger charge is 2.73. The van der Waals surface area contributed by atoms with E-state index in [0.717, 1.165) is 30.2 Å². The molecule has 3 aromatic rings. The van der Waals surface area contributed by atoms with Gasteiger partial charge in [-0.15, -0.1) is 0 Å². The van der Waals surface area contributed by atoms with E-state index in [1.165, 1.54) is 24.1 Å². The molecule has 3 atom stereocenters. The number of halogens is 1. The van der Waals surface area contributed by atoms with Gasteiger partial charge in [-0.3, -0.25) is 14.7 Å². The fourth-order valence-electron chi connectivity index (χ4n) is 8.43. The summed E-state index contributed by atoms with van der Waals surface area (Å²) < 4.78 is 11.6. The summed E-state index contributed by atoms with van der Waals surface area (Å²) in [6.07, 6.45) is 4.11. The summed E-state index contributed by atoms with van der Waals surface area (Å²) in [5, 5.41) is 3.49. The van der Waals surface area contributed by atoms with E-state index in [9.17, 15) is 4.79 Å². The molecule has 6 aliphatic heterocycles. The Morgan fingerprint density at radius 1 is 1.09 bits per heavy atom. The summed E-state index contributed by atoms with van der Waals surface area (Å²) >= 11 is 2.47. The van der Waals surface area contributed by atoms with Crippen LogP contribution in [-0.2, 0) is 14.9 Å². The number of rotatable bonds is 7. The average Bonchev–Trinajstić information content (AvgIpc) is 3.78. The van der Waals surface area contributed by atoms with Crippen LogP contribution in [0, 0.1) is 6.92 Å². The van der Waals surface area contributed by atoms with Gasteiger partial charge in [0.15, 0.2) is 0 Å². The average molecular weight is 751 g/mol. The molecule has 12 heteroatoms. The Kier molecular flexibility index (Phi) is 6.86. The fraction of sp³-hybridized carbons (Fsp3) is 0.543. The van der Waals surface area contributed by atoms with Crippen molar-refractivity contribution in [2.75, 3.05) is 53.4 Å². The number of piperazine rings is 1. The second kappa shape index (κ2) is 10.4. The van der Waals surface area contributed by atoms with Crippen molar-refractivity contribution in [3.8, 4) is 0 Å². The first-order valence-corrected chi connectivity index (χ1v) is 17.7. The third kappa shape index (κ3) is 4.72. The molecule has 1 N–H and O–H groups in total. The van der Waals surface area contributed by atoms with Gasteiger partial charge in [0.05, 0.1) is 29.2 Å². The molecule has 1 saturated carbocycles. The highest BCUT2D eigenvalue weighted by atomic mass is 127. The zero-order valence-electron chi connectivity index (χ0n) is 28.2. The Labute approximate surface area is 290 Å². The summed E-state index contributed by atoms with van der Waals surface area (Å²) in [4.78, 5) is 36.5. The molecule has 1 aliphatic carbocycles. The first kappa shape index (κ1) is 31.1. The van der Waals surface area contributed by atoms with Crippen LogP contribution in [-0.4, -0.2) is 86.1 Å². The highest BCUT2D eigenvalue weighted by molar-refractivity contribution is 14.1. The molecule has 7 aliphatic rings. The Hall–Kier alpha value is -3.23. The Balaban J connectivity index is 1.12. The van der Waals surface area contributed by atoms with Crippen molar-refractivity contribution in [2.24, 2.45) is 0 Å². The molecular formula is C35H43IN8O3. The number of aryl methyl sites for hydroxylation is 1. The van der Waals surface area contributed by atoms with Crippen LogP contribution in [0.4, 0.5) is 39.6 Å². The Bertz CT molecular complexity index is 1770. The van der Waals surface area contributed by atoms with E-state index in [1.54, 1.807) is 4.90 Å². The number of cyclic esters (lactones) is 1. The van der Waals surface area contributed by atoms with Crippen LogP contribution in [0.5, 0.6) is 0 Å². The maximum Gasteiger partial charge on any atom is 0.415 e. The summed E-state index contributed by atoms with van der Waals surface area (Å²) in [5.41, 5.74) is 4.46. The van der Waals surface area contributed by atoms with Crippen molar-refractivity contribution in [1.29, 1.82) is 0 Å². The van der Waals surface area contributed by atoms with E-state index in [1.807, 2.05) is 31.3 Å². The number of anilines is 6. The van der Waals surface area contributed by atoms with Crippen LogP contribution >= 0.6 is 22.6 Å². The summed E-state index contributed by atoms with van der Waals surface area (Å²) in [7, 11) is 2.28. The molecule has 0 spiro atoms. The molecule has 248 valence electrons. The number of hydrogen-bond acceptors (Lipinski definition) is 10. The number of amides is 1. The number of carbonyl (C=O) groups is 1. The van der Waals surface area contributed by atoms with Crippen LogP contribution in [0.3, 0.4) is 0 Å². The Morgan fingerprint density at radius 3 is 2.45 bits per heavy atom. The molecule has 5 saturated heterocycles. The van der Waals surface area contributed by atoms with Gasteiger partial charge in [-0.2, -0.15) is 4.98 Å². The van der Waals surface area contributed by atoms with Crippen LogP contribution in [0.2, 0.25) is 0 Å². The van der Waals surface area contributed by atoms with Gasteiger partial charge in [0.1, 0.15) is 28.1 Å². The lowest BCUT2D eigenvalue weighted by Crippen LogP contribution is -2.46. The van der Waals surface area contributed by atoms with E-state index >= 15 is 0 Å². The smallest absolute Gasteiger partial charge is 0.415 e. The van der Waals surface area contributed by atoms with E-state index in [-0.39, 0.29) is 21.8 Å². The minimum atomic E-state index is -0.430. The standard InChI is InChI=1S/C35H43IN8O3/c1-21-13-23(11-12-25(21)42-19-34-16-35(42,17-34)18-41(34)7)38-30-37-14-24-28(40-30)44(29(36)33(24,6)20-47-32(3,4)5)27-10-8-9-26(39-27)43-22(2)15-46-31(43)45/h8-14,22,29H,15-20H2,1-7H3,(H,37,38,40)/t22-,29+,33-,34?,35?/m0/s1. The predicted octanol–water partition coefficient (Wildman–Crippen LogP) is 6.29. The van der Waals surface area contributed by atoms with Crippen LogP contribution in [0.15, 0.2) is 42.6 Å². The summed E-state index contributed by atoms with van der Waals surface area (Å²) in [5.74, 6) is 2.54. The number of likely N-dealkylation sites (N-methyl/N-ethyl adjacent to an activating group) is 1. The molecule has 2 aromatic heterocycles. The van der Waals surface area contributed by atoms with Gasteiger partial charge in [-0.25, -0.2) is 14.8 Å². The first-order valence-electron chi connectivity index (χ1n) is 16.5. The van der Waals surface area contributed by atoms with Crippen molar-refractivity contribution in [1.82, 2.24) is 19.9 Å². The zero-order chi connectivity index (χ0) is 33.1. The molecule has 47 heavy (non-hydrogen) atoms. The number of benzene rings is 1. The number of fused-ring (bicyclic) bond motifs is 3. The van der Waals surface area contributed by atoms with Crippen LogP contribution in [0.1, 0.15) is 58.6 Å². The third-order valence-electron chi connectivity index (χ3n) is 10.9. The molecule has 0 unspecified atom stereocenters. The van der Waals surface area contributed by atoms with Gasteiger partial charge in [0.25, 0.3) is 0 Å².